The van der Waals surface area contributed by atoms with Gasteiger partial charge >= 0.3 is 111 Å². The second kappa shape index (κ2) is 6.26. The summed E-state index contributed by atoms with van der Waals surface area (Å²) in [6, 6.07) is 6.69. The first-order valence-corrected chi connectivity index (χ1v) is 8.39. The van der Waals surface area contributed by atoms with Gasteiger partial charge in [0.1, 0.15) is 0 Å². The minimum atomic E-state index is -0.0721. The molecule has 0 aliphatic carbocycles. The van der Waals surface area contributed by atoms with E-state index in [2.05, 4.69) is 64.8 Å². The Balaban J connectivity index is 3.17. The summed E-state index contributed by atoms with van der Waals surface area (Å²) >= 11 is 2.22. The van der Waals surface area contributed by atoms with Crippen LogP contribution in [0.5, 0.6) is 0 Å². The first-order chi connectivity index (χ1) is 7.47. The molecular weight excluding hydrogens is 393 g/mol. The molecule has 1 rings (SSSR count). The molecule has 0 atom stereocenters. The molecule has 2 N–H and O–H groups in total. The molecule has 0 aliphatic heterocycles. The second-order valence-corrected chi connectivity index (χ2v) is 9.21. The van der Waals surface area contributed by atoms with E-state index in [0.29, 0.717) is 6.54 Å². The van der Waals surface area contributed by atoms with E-state index in [1.807, 2.05) is 0 Å². The molecule has 0 amide bonds. The minimum absolute atomic E-state index is 0.0721. The van der Waals surface area contributed by atoms with Crippen LogP contribution in [0.3, 0.4) is 0 Å². The molecule has 0 fully saturated rings. The average molecular weight is 415 g/mol. The maximum atomic E-state index is 5.73. The van der Waals surface area contributed by atoms with Gasteiger partial charge in [-0.1, -0.05) is 0 Å². The zero-order chi connectivity index (χ0) is 12.3. The Kier molecular flexibility index (Phi) is 5.60. The van der Waals surface area contributed by atoms with E-state index in [1.165, 1.54) is 9.64 Å². The van der Waals surface area contributed by atoms with Crippen molar-refractivity contribution in [3.8, 4) is 0 Å². The zero-order valence-electron chi connectivity index (χ0n) is 10.5. The molecule has 1 aromatic carbocycles. The summed E-state index contributed by atoms with van der Waals surface area (Å²) in [5, 5.41) is 1.54. The van der Waals surface area contributed by atoms with Crippen molar-refractivity contribution in [3.05, 3.63) is 23.8 Å². The van der Waals surface area contributed by atoms with Crippen molar-refractivity contribution in [1.29, 1.82) is 0 Å². The number of benzene rings is 1. The van der Waals surface area contributed by atoms with Gasteiger partial charge in [-0.2, -0.15) is 0 Å². The molecule has 3 heteroatoms. The van der Waals surface area contributed by atoms with Gasteiger partial charge in [0.25, 0.3) is 0 Å². The predicted molar refractivity (Wildman–Crippen MR) is 70.8 cm³/mol. The third-order valence-electron chi connectivity index (χ3n) is 2.62. The summed E-state index contributed by atoms with van der Waals surface area (Å²) in [6.07, 6.45) is 0. The van der Waals surface area contributed by atoms with Crippen LogP contribution in [0.1, 0.15) is 33.3 Å². The Bertz CT molecular complexity index is 342. The summed E-state index contributed by atoms with van der Waals surface area (Å²) in [5.41, 5.74) is 8.46. The fraction of sp³-hybridized carbons (Fsp3) is 0.538. The van der Waals surface area contributed by atoms with Crippen LogP contribution >= 0.6 is 7.92 Å². The molecule has 16 heavy (non-hydrogen) atoms. The Morgan fingerprint density at radius 1 is 1.19 bits per heavy atom. The third kappa shape index (κ3) is 3.37. The maximum absolute atomic E-state index is 5.73. The van der Waals surface area contributed by atoms with Gasteiger partial charge < -0.3 is 0 Å². The van der Waals surface area contributed by atoms with Crippen LogP contribution in [0.4, 0.5) is 0 Å². The number of hydrogen-bond donors (Lipinski definition) is 1. The van der Waals surface area contributed by atoms with Crippen molar-refractivity contribution >= 4 is 17.3 Å². The number of nitrogens with two attached hydrogens (primary N) is 1. The van der Waals surface area contributed by atoms with Crippen LogP contribution in [-0.2, 0) is 25.4 Å². The summed E-state index contributed by atoms with van der Waals surface area (Å²) in [5.74, 6) is 0. The first-order valence-electron chi connectivity index (χ1n) is 5.72. The van der Waals surface area contributed by atoms with Crippen molar-refractivity contribution in [3.63, 3.8) is 0 Å². The fourth-order valence-corrected chi connectivity index (χ4v) is 6.25. The zero-order valence-corrected chi connectivity index (χ0v) is 13.7. The van der Waals surface area contributed by atoms with Crippen LogP contribution in [0, 0.1) is 0 Å². The molecule has 1 nitrogen and oxygen atoms in total. The predicted octanol–water partition coefficient (Wildman–Crippen LogP) is 2.24. The molecule has 0 bridgehead atoms. The molecule has 0 aliphatic rings. The molecular formula is C13H21IrNP. The Labute approximate surface area is 111 Å². The molecule has 92 valence electrons. The van der Waals surface area contributed by atoms with Crippen molar-refractivity contribution in [1.82, 2.24) is 0 Å². The van der Waals surface area contributed by atoms with E-state index >= 15 is 0 Å². The Morgan fingerprint density at radius 3 is 2.19 bits per heavy atom. The topological polar surface area (TPSA) is 26.0 Å². The molecule has 0 saturated heterocycles. The molecule has 0 radical (unpaired) electrons. The van der Waals surface area contributed by atoms with Crippen LogP contribution in [-0.4, -0.2) is 11.3 Å². The van der Waals surface area contributed by atoms with E-state index in [-0.39, 0.29) is 7.92 Å². The van der Waals surface area contributed by atoms with Gasteiger partial charge in [-0.3, -0.25) is 0 Å². The molecule has 0 unspecified atom stereocenters. The SMILES string of the molecule is CC(C)P(c1cc(CN)cc[c]1[Ir])C(C)C. The van der Waals surface area contributed by atoms with Crippen molar-refractivity contribution < 1.29 is 18.9 Å². The monoisotopic (exact) mass is 415 g/mol. The van der Waals surface area contributed by atoms with Gasteiger partial charge in [0, 0.05) is 0 Å². The normalized spacial score (nSPS) is 11.9. The molecule has 0 heterocycles. The van der Waals surface area contributed by atoms with E-state index in [1.54, 1.807) is 5.30 Å². The summed E-state index contributed by atoms with van der Waals surface area (Å²) < 4.78 is 1.42. The van der Waals surface area contributed by atoms with Crippen molar-refractivity contribution in [2.45, 2.75) is 45.6 Å². The number of hydrogen-bond acceptors (Lipinski definition) is 1. The van der Waals surface area contributed by atoms with Crippen LogP contribution in [0.25, 0.3) is 0 Å². The van der Waals surface area contributed by atoms with E-state index in [4.69, 9.17) is 5.73 Å². The standard InChI is InChI=1S/C13H21NP.Ir/c1-10(2)15(11(3)4)13-7-5-6-12(8-13)9-14;/h5-6,8,10-11H,9,14H2,1-4H3;. The van der Waals surface area contributed by atoms with Crippen LogP contribution in [0.2, 0.25) is 0 Å². The summed E-state index contributed by atoms with van der Waals surface area (Å²) in [4.78, 5) is 0. The first kappa shape index (κ1) is 14.3. The van der Waals surface area contributed by atoms with Gasteiger partial charge in [0.05, 0.1) is 0 Å². The summed E-state index contributed by atoms with van der Waals surface area (Å²) in [6.45, 7) is 9.98. The fourth-order valence-electron chi connectivity index (χ4n) is 2.02. The summed E-state index contributed by atoms with van der Waals surface area (Å²) in [7, 11) is -0.0721. The molecule has 0 spiro atoms. The van der Waals surface area contributed by atoms with Gasteiger partial charge in [0.2, 0.25) is 0 Å². The Hall–Kier alpha value is 0.259. The molecule has 0 saturated carbocycles. The number of rotatable bonds is 4. The van der Waals surface area contributed by atoms with E-state index < -0.39 is 0 Å². The van der Waals surface area contributed by atoms with Gasteiger partial charge in [0.15, 0.2) is 0 Å². The van der Waals surface area contributed by atoms with E-state index in [9.17, 15) is 0 Å². The molecule has 1 aromatic rings. The van der Waals surface area contributed by atoms with Crippen LogP contribution in [0.15, 0.2) is 18.2 Å². The van der Waals surface area contributed by atoms with Gasteiger partial charge in [-0.05, 0) is 0 Å². The Morgan fingerprint density at radius 2 is 1.75 bits per heavy atom. The van der Waals surface area contributed by atoms with E-state index in [0.717, 1.165) is 11.3 Å². The van der Waals surface area contributed by atoms with Crippen molar-refractivity contribution in [2.75, 3.05) is 0 Å². The average Bonchev–Trinajstić information content (AvgIpc) is 2.20. The second-order valence-electron chi connectivity index (χ2n) is 4.56. The van der Waals surface area contributed by atoms with Crippen LogP contribution < -0.4 is 15.1 Å². The van der Waals surface area contributed by atoms with Gasteiger partial charge in [-0.15, -0.1) is 0 Å². The third-order valence-corrected chi connectivity index (χ3v) is 7.28. The molecule has 0 aromatic heterocycles. The van der Waals surface area contributed by atoms with Gasteiger partial charge in [-0.25, -0.2) is 0 Å². The quantitative estimate of drug-likeness (QED) is 0.752. The van der Waals surface area contributed by atoms with Crippen molar-refractivity contribution in [2.24, 2.45) is 5.73 Å².